The number of hydrogen-bond acceptors (Lipinski definition) is 3. The normalized spacial score (nSPS) is 25.6. The van der Waals surface area contributed by atoms with Crippen molar-refractivity contribution in [2.45, 2.75) is 44.3 Å². The SMILES string of the molecule is CNC1CCC(NCc2ccccn2)CC1. The maximum absolute atomic E-state index is 4.32. The molecule has 0 amide bonds. The first-order chi connectivity index (χ1) is 7.88. The molecule has 1 aliphatic rings. The van der Waals surface area contributed by atoms with Crippen LogP contribution in [-0.2, 0) is 6.54 Å². The van der Waals surface area contributed by atoms with Gasteiger partial charge in [-0.15, -0.1) is 0 Å². The van der Waals surface area contributed by atoms with Crippen LogP contribution in [0.2, 0.25) is 0 Å². The second kappa shape index (κ2) is 5.97. The molecular weight excluding hydrogens is 198 g/mol. The third-order valence-electron chi connectivity index (χ3n) is 3.43. The Morgan fingerprint density at radius 1 is 1.19 bits per heavy atom. The van der Waals surface area contributed by atoms with Gasteiger partial charge < -0.3 is 10.6 Å². The molecule has 0 aromatic carbocycles. The summed E-state index contributed by atoms with van der Waals surface area (Å²) in [5.41, 5.74) is 1.14. The van der Waals surface area contributed by atoms with E-state index in [0.29, 0.717) is 6.04 Å². The van der Waals surface area contributed by atoms with Gasteiger partial charge in [-0.2, -0.15) is 0 Å². The Kier molecular flexibility index (Phi) is 4.31. The number of nitrogens with one attached hydrogen (secondary N) is 2. The van der Waals surface area contributed by atoms with Crippen molar-refractivity contribution < 1.29 is 0 Å². The summed E-state index contributed by atoms with van der Waals surface area (Å²) in [5.74, 6) is 0. The van der Waals surface area contributed by atoms with Crippen LogP contribution in [-0.4, -0.2) is 24.1 Å². The van der Waals surface area contributed by atoms with Gasteiger partial charge in [0.1, 0.15) is 0 Å². The van der Waals surface area contributed by atoms with E-state index >= 15 is 0 Å². The van der Waals surface area contributed by atoms with Gasteiger partial charge in [0.2, 0.25) is 0 Å². The third-order valence-corrected chi connectivity index (χ3v) is 3.43. The van der Waals surface area contributed by atoms with Crippen LogP contribution in [0.5, 0.6) is 0 Å². The van der Waals surface area contributed by atoms with Gasteiger partial charge >= 0.3 is 0 Å². The van der Waals surface area contributed by atoms with Crippen molar-refractivity contribution in [2.24, 2.45) is 0 Å². The zero-order valence-electron chi connectivity index (χ0n) is 9.95. The molecule has 3 heteroatoms. The molecule has 2 rings (SSSR count). The Morgan fingerprint density at radius 2 is 1.94 bits per heavy atom. The van der Waals surface area contributed by atoms with Gasteiger partial charge in [0.25, 0.3) is 0 Å². The Balaban J connectivity index is 1.72. The molecule has 0 spiro atoms. The fourth-order valence-electron chi connectivity index (χ4n) is 2.34. The summed E-state index contributed by atoms with van der Waals surface area (Å²) in [5, 5.41) is 6.95. The average Bonchev–Trinajstić information content (AvgIpc) is 2.38. The maximum Gasteiger partial charge on any atom is 0.0541 e. The predicted octanol–water partition coefficient (Wildman–Crippen LogP) is 1.70. The van der Waals surface area contributed by atoms with Crippen LogP contribution < -0.4 is 10.6 Å². The van der Waals surface area contributed by atoms with Gasteiger partial charge in [0.05, 0.1) is 5.69 Å². The van der Waals surface area contributed by atoms with Crippen molar-refractivity contribution in [2.75, 3.05) is 7.05 Å². The average molecular weight is 219 g/mol. The fourth-order valence-corrected chi connectivity index (χ4v) is 2.34. The van der Waals surface area contributed by atoms with E-state index in [0.717, 1.165) is 18.3 Å². The van der Waals surface area contributed by atoms with E-state index in [1.54, 1.807) is 0 Å². The van der Waals surface area contributed by atoms with E-state index in [9.17, 15) is 0 Å². The Labute approximate surface area is 97.7 Å². The molecular formula is C13H21N3. The summed E-state index contributed by atoms with van der Waals surface area (Å²) >= 11 is 0. The minimum absolute atomic E-state index is 0.673. The van der Waals surface area contributed by atoms with Crippen LogP contribution in [0.4, 0.5) is 0 Å². The van der Waals surface area contributed by atoms with Gasteiger partial charge in [-0.1, -0.05) is 6.07 Å². The molecule has 0 atom stereocenters. The minimum atomic E-state index is 0.673. The largest absolute Gasteiger partial charge is 0.317 e. The first kappa shape index (κ1) is 11.6. The molecule has 1 fully saturated rings. The molecule has 16 heavy (non-hydrogen) atoms. The minimum Gasteiger partial charge on any atom is -0.317 e. The topological polar surface area (TPSA) is 37.0 Å². The summed E-state index contributed by atoms with van der Waals surface area (Å²) < 4.78 is 0. The quantitative estimate of drug-likeness (QED) is 0.809. The fraction of sp³-hybridized carbons (Fsp3) is 0.615. The van der Waals surface area contributed by atoms with Crippen LogP contribution >= 0.6 is 0 Å². The van der Waals surface area contributed by atoms with Crippen LogP contribution in [0.1, 0.15) is 31.4 Å². The monoisotopic (exact) mass is 219 g/mol. The molecule has 0 saturated heterocycles. The standard InChI is InChI=1S/C13H21N3/c1-14-11-5-7-12(8-6-11)16-10-13-4-2-3-9-15-13/h2-4,9,11-12,14,16H,5-8,10H2,1H3. The summed E-state index contributed by atoms with van der Waals surface area (Å²) in [7, 11) is 2.06. The zero-order valence-corrected chi connectivity index (χ0v) is 9.95. The number of pyridine rings is 1. The molecule has 2 N–H and O–H groups in total. The highest BCUT2D eigenvalue weighted by atomic mass is 14.9. The molecule has 0 aliphatic heterocycles. The van der Waals surface area contributed by atoms with Crippen molar-refractivity contribution in [3.05, 3.63) is 30.1 Å². The van der Waals surface area contributed by atoms with Crippen molar-refractivity contribution in [1.29, 1.82) is 0 Å². The smallest absolute Gasteiger partial charge is 0.0541 e. The highest BCUT2D eigenvalue weighted by Crippen LogP contribution is 2.18. The molecule has 0 bridgehead atoms. The Morgan fingerprint density at radius 3 is 2.56 bits per heavy atom. The van der Waals surface area contributed by atoms with E-state index < -0.39 is 0 Å². The van der Waals surface area contributed by atoms with E-state index in [1.165, 1.54) is 25.7 Å². The van der Waals surface area contributed by atoms with Gasteiger partial charge in [0.15, 0.2) is 0 Å². The van der Waals surface area contributed by atoms with E-state index in [1.807, 2.05) is 18.3 Å². The molecule has 0 unspecified atom stereocenters. The van der Waals surface area contributed by atoms with Crippen LogP contribution in [0.3, 0.4) is 0 Å². The number of rotatable bonds is 4. The molecule has 1 saturated carbocycles. The molecule has 0 radical (unpaired) electrons. The third kappa shape index (κ3) is 3.29. The first-order valence-electron chi connectivity index (χ1n) is 6.19. The lowest BCUT2D eigenvalue weighted by Gasteiger charge is -2.28. The predicted molar refractivity (Wildman–Crippen MR) is 66.2 cm³/mol. The van der Waals surface area contributed by atoms with Crippen LogP contribution in [0.15, 0.2) is 24.4 Å². The molecule has 3 nitrogen and oxygen atoms in total. The molecule has 1 aliphatic carbocycles. The van der Waals surface area contributed by atoms with Crippen molar-refractivity contribution >= 4 is 0 Å². The van der Waals surface area contributed by atoms with E-state index in [4.69, 9.17) is 0 Å². The molecule has 88 valence electrons. The summed E-state index contributed by atoms with van der Waals surface area (Å²) in [6, 6.07) is 7.48. The van der Waals surface area contributed by atoms with Gasteiger partial charge in [-0.05, 0) is 44.9 Å². The van der Waals surface area contributed by atoms with Crippen molar-refractivity contribution in [1.82, 2.24) is 15.6 Å². The van der Waals surface area contributed by atoms with Gasteiger partial charge in [0, 0.05) is 24.8 Å². The van der Waals surface area contributed by atoms with Crippen LogP contribution in [0, 0.1) is 0 Å². The lowest BCUT2D eigenvalue weighted by Crippen LogP contribution is -2.38. The summed E-state index contributed by atoms with van der Waals surface area (Å²) in [6.07, 6.45) is 6.98. The molecule has 1 heterocycles. The van der Waals surface area contributed by atoms with Crippen molar-refractivity contribution in [3.63, 3.8) is 0 Å². The zero-order chi connectivity index (χ0) is 11.2. The lowest BCUT2D eigenvalue weighted by atomic mass is 9.91. The number of aromatic nitrogens is 1. The second-order valence-electron chi connectivity index (χ2n) is 4.54. The number of hydrogen-bond donors (Lipinski definition) is 2. The molecule has 1 aromatic rings. The second-order valence-corrected chi connectivity index (χ2v) is 4.54. The maximum atomic E-state index is 4.32. The van der Waals surface area contributed by atoms with E-state index in [2.05, 4.69) is 28.7 Å². The van der Waals surface area contributed by atoms with Crippen molar-refractivity contribution in [3.8, 4) is 0 Å². The van der Waals surface area contributed by atoms with E-state index in [-0.39, 0.29) is 0 Å². The Hall–Kier alpha value is -0.930. The van der Waals surface area contributed by atoms with Crippen LogP contribution in [0.25, 0.3) is 0 Å². The first-order valence-corrected chi connectivity index (χ1v) is 6.19. The summed E-state index contributed by atoms with van der Waals surface area (Å²) in [6.45, 7) is 0.899. The highest BCUT2D eigenvalue weighted by Gasteiger charge is 2.19. The molecule has 1 aromatic heterocycles. The lowest BCUT2D eigenvalue weighted by molar-refractivity contribution is 0.316. The number of nitrogens with zero attached hydrogens (tertiary/aromatic N) is 1. The summed E-state index contributed by atoms with van der Waals surface area (Å²) in [4.78, 5) is 4.32. The Bertz CT molecular complexity index is 291. The highest BCUT2D eigenvalue weighted by molar-refractivity contribution is 5.03. The van der Waals surface area contributed by atoms with Gasteiger partial charge in [-0.25, -0.2) is 0 Å². The van der Waals surface area contributed by atoms with Gasteiger partial charge in [-0.3, -0.25) is 4.98 Å².